The van der Waals surface area contributed by atoms with Crippen LogP contribution in [0.4, 0.5) is 0 Å². The Balaban J connectivity index is 1.91. The summed E-state index contributed by atoms with van der Waals surface area (Å²) in [7, 11) is 1.29. The van der Waals surface area contributed by atoms with E-state index in [2.05, 4.69) is 9.97 Å². The van der Waals surface area contributed by atoms with Gasteiger partial charge in [0.15, 0.2) is 0 Å². The highest BCUT2D eigenvalue weighted by Gasteiger charge is 2.18. The van der Waals surface area contributed by atoms with Crippen LogP contribution in [0.2, 0.25) is 5.02 Å². The van der Waals surface area contributed by atoms with E-state index >= 15 is 0 Å². The van der Waals surface area contributed by atoms with Crippen molar-refractivity contribution in [2.45, 2.75) is 18.4 Å². The summed E-state index contributed by atoms with van der Waals surface area (Å²) < 4.78 is 10.3. The Morgan fingerprint density at radius 2 is 2.04 bits per heavy atom. The van der Waals surface area contributed by atoms with Crippen LogP contribution in [0.3, 0.4) is 0 Å². The molecule has 0 atom stereocenters. The molecule has 0 saturated carbocycles. The molecule has 2 rings (SSSR count). The monoisotopic (exact) mass is 368 g/mol. The first kappa shape index (κ1) is 18.4. The number of aryl methyl sites for hydroxylation is 1. The molecule has 128 valence electrons. The number of esters is 1. The minimum atomic E-state index is -0.517. The molecule has 0 aliphatic carbocycles. The molecule has 24 heavy (non-hydrogen) atoms. The van der Waals surface area contributed by atoms with Gasteiger partial charge in [-0.25, -0.2) is 9.59 Å². The third kappa shape index (κ3) is 5.01. The van der Waals surface area contributed by atoms with Gasteiger partial charge >= 0.3 is 11.7 Å². The van der Waals surface area contributed by atoms with Crippen molar-refractivity contribution < 1.29 is 14.3 Å². The number of nitrogens with zero attached hydrogens (tertiary/aromatic N) is 1. The van der Waals surface area contributed by atoms with Crippen molar-refractivity contribution in [1.82, 2.24) is 9.97 Å². The Morgan fingerprint density at radius 1 is 1.33 bits per heavy atom. The van der Waals surface area contributed by atoms with Crippen LogP contribution in [0.15, 0.2) is 34.1 Å². The number of thioether (sulfide) groups is 1. The summed E-state index contributed by atoms with van der Waals surface area (Å²) >= 11 is 7.13. The molecule has 1 heterocycles. The first-order chi connectivity index (χ1) is 11.5. The molecule has 1 N–H and O–H groups in total. The average molecular weight is 369 g/mol. The number of ether oxygens (including phenoxy) is 2. The van der Waals surface area contributed by atoms with Gasteiger partial charge in [0.25, 0.3) is 0 Å². The number of carbonyl (C=O) groups is 1. The van der Waals surface area contributed by atoms with E-state index in [0.29, 0.717) is 33.7 Å². The number of H-pyrrole nitrogens is 1. The molecule has 0 spiro atoms. The van der Waals surface area contributed by atoms with E-state index in [1.165, 1.54) is 18.9 Å². The van der Waals surface area contributed by atoms with Crippen molar-refractivity contribution in [2.75, 3.05) is 19.5 Å². The molecule has 0 unspecified atom stereocenters. The molecule has 0 saturated heterocycles. The number of methoxy groups -OCH3 is 1. The smallest absolute Gasteiger partial charge is 0.346 e. The molecule has 0 aliphatic heterocycles. The summed E-state index contributed by atoms with van der Waals surface area (Å²) in [4.78, 5) is 29.7. The van der Waals surface area contributed by atoms with Crippen LogP contribution in [0, 0.1) is 6.92 Å². The van der Waals surface area contributed by atoms with Crippen LogP contribution in [0.1, 0.15) is 22.5 Å². The predicted molar refractivity (Wildman–Crippen MR) is 93.2 cm³/mol. The van der Waals surface area contributed by atoms with Gasteiger partial charge in [0.1, 0.15) is 16.3 Å². The molecule has 1 aromatic heterocycles. The van der Waals surface area contributed by atoms with Crippen molar-refractivity contribution in [3.05, 3.63) is 51.0 Å². The number of aromatic amines is 1. The van der Waals surface area contributed by atoms with E-state index in [-0.39, 0.29) is 0 Å². The molecule has 1 aromatic carbocycles. The van der Waals surface area contributed by atoms with E-state index in [9.17, 15) is 9.59 Å². The highest BCUT2D eigenvalue weighted by molar-refractivity contribution is 7.99. The number of nitrogens with one attached hydrogen (secondary N) is 1. The second kappa shape index (κ2) is 8.75. The second-order valence-electron chi connectivity index (χ2n) is 4.84. The van der Waals surface area contributed by atoms with E-state index < -0.39 is 11.7 Å². The normalized spacial score (nSPS) is 10.5. The number of rotatable bonds is 7. The van der Waals surface area contributed by atoms with Gasteiger partial charge < -0.3 is 14.5 Å². The number of benzene rings is 1. The van der Waals surface area contributed by atoms with Crippen LogP contribution in [0.5, 0.6) is 5.75 Å². The molecule has 0 amide bonds. The Bertz CT molecular complexity index is 762. The zero-order chi connectivity index (χ0) is 17.5. The maximum absolute atomic E-state index is 11.8. The van der Waals surface area contributed by atoms with E-state index in [1.807, 2.05) is 0 Å². The Labute approximate surface area is 148 Å². The topological polar surface area (TPSA) is 81.3 Å². The molecule has 0 bridgehead atoms. The number of aromatic nitrogens is 2. The van der Waals surface area contributed by atoms with Crippen molar-refractivity contribution in [2.24, 2.45) is 0 Å². The van der Waals surface area contributed by atoms with Gasteiger partial charge in [0, 0.05) is 16.5 Å². The van der Waals surface area contributed by atoms with Crippen LogP contribution < -0.4 is 10.4 Å². The summed E-state index contributed by atoms with van der Waals surface area (Å²) in [6, 6.07) is 7.12. The van der Waals surface area contributed by atoms with Crippen molar-refractivity contribution in [3.8, 4) is 5.75 Å². The van der Waals surface area contributed by atoms with Gasteiger partial charge in [-0.2, -0.15) is 4.98 Å². The summed E-state index contributed by atoms with van der Waals surface area (Å²) in [5.41, 5.74) is 0.252. The summed E-state index contributed by atoms with van der Waals surface area (Å²) in [6.45, 7) is 2.15. The average Bonchev–Trinajstić information content (AvgIpc) is 2.55. The standard InChI is InChI=1S/C16H17ClN2O4S/c1-10-13(15(20)22-2)14(19-16(21)18-10)24-9-3-8-23-12-6-4-11(17)5-7-12/h4-7H,3,8-9H2,1-2H3,(H,18,19,21). The van der Waals surface area contributed by atoms with Crippen molar-refractivity contribution in [3.63, 3.8) is 0 Å². The Hall–Kier alpha value is -1.99. The lowest BCUT2D eigenvalue weighted by Crippen LogP contribution is -2.19. The van der Waals surface area contributed by atoms with Crippen LogP contribution in [-0.2, 0) is 4.74 Å². The van der Waals surface area contributed by atoms with Gasteiger partial charge in [-0.3, -0.25) is 0 Å². The SMILES string of the molecule is COC(=O)c1c(SCCCOc2ccc(Cl)cc2)nc(=O)[nH]c1C. The third-order valence-electron chi connectivity index (χ3n) is 3.09. The summed E-state index contributed by atoms with van der Waals surface area (Å²) in [6.07, 6.45) is 0.724. The number of halogens is 1. The molecule has 0 fully saturated rings. The second-order valence-corrected chi connectivity index (χ2v) is 6.36. The fourth-order valence-corrected chi connectivity index (χ4v) is 3.06. The van der Waals surface area contributed by atoms with E-state index in [1.54, 1.807) is 31.2 Å². The minimum absolute atomic E-state index is 0.292. The highest BCUT2D eigenvalue weighted by atomic mass is 35.5. The van der Waals surface area contributed by atoms with Crippen LogP contribution in [0.25, 0.3) is 0 Å². The van der Waals surface area contributed by atoms with Crippen LogP contribution >= 0.6 is 23.4 Å². The van der Waals surface area contributed by atoms with E-state index in [4.69, 9.17) is 21.1 Å². The van der Waals surface area contributed by atoms with Gasteiger partial charge in [-0.15, -0.1) is 11.8 Å². The Morgan fingerprint density at radius 3 is 2.71 bits per heavy atom. The van der Waals surface area contributed by atoms with Gasteiger partial charge in [0.05, 0.1) is 13.7 Å². The molecule has 6 nitrogen and oxygen atoms in total. The molecular weight excluding hydrogens is 352 g/mol. The third-order valence-corrected chi connectivity index (χ3v) is 4.40. The predicted octanol–water partition coefficient (Wildman–Crippen LogP) is 3.08. The van der Waals surface area contributed by atoms with Crippen molar-refractivity contribution in [1.29, 1.82) is 0 Å². The molecule has 2 aromatic rings. The van der Waals surface area contributed by atoms with Crippen LogP contribution in [-0.4, -0.2) is 35.4 Å². The quantitative estimate of drug-likeness (QED) is 0.350. The molecule has 0 radical (unpaired) electrons. The molecule has 8 heteroatoms. The van der Waals surface area contributed by atoms with Gasteiger partial charge in [0.2, 0.25) is 0 Å². The minimum Gasteiger partial charge on any atom is -0.494 e. The fourth-order valence-electron chi connectivity index (χ4n) is 1.95. The first-order valence-electron chi connectivity index (χ1n) is 7.21. The fraction of sp³-hybridized carbons (Fsp3) is 0.312. The summed E-state index contributed by atoms with van der Waals surface area (Å²) in [5, 5.41) is 1.03. The maximum Gasteiger partial charge on any atom is 0.346 e. The lowest BCUT2D eigenvalue weighted by atomic mass is 10.2. The molecular formula is C16H17ClN2O4S. The Kier molecular flexibility index (Phi) is 6.69. The zero-order valence-electron chi connectivity index (χ0n) is 13.3. The number of hydrogen-bond acceptors (Lipinski definition) is 6. The van der Waals surface area contributed by atoms with Crippen molar-refractivity contribution >= 4 is 29.3 Å². The van der Waals surface area contributed by atoms with Gasteiger partial charge in [-0.05, 0) is 37.6 Å². The zero-order valence-corrected chi connectivity index (χ0v) is 14.9. The first-order valence-corrected chi connectivity index (χ1v) is 8.58. The lowest BCUT2D eigenvalue weighted by molar-refractivity contribution is 0.0594. The summed E-state index contributed by atoms with van der Waals surface area (Å²) in [5.74, 6) is 0.869. The highest BCUT2D eigenvalue weighted by Crippen LogP contribution is 2.22. The lowest BCUT2D eigenvalue weighted by Gasteiger charge is -2.09. The van der Waals surface area contributed by atoms with Gasteiger partial charge in [-0.1, -0.05) is 11.6 Å². The largest absolute Gasteiger partial charge is 0.494 e. The molecule has 0 aliphatic rings. The number of hydrogen-bond donors (Lipinski definition) is 1. The van der Waals surface area contributed by atoms with E-state index in [0.717, 1.165) is 12.2 Å². The maximum atomic E-state index is 11.8. The number of carbonyl (C=O) groups excluding carboxylic acids is 1.